The van der Waals surface area contributed by atoms with Crippen LogP contribution in [0.15, 0.2) is 28.7 Å². The molecule has 0 spiro atoms. The molecular formula is C13H17BrN2O. The van der Waals surface area contributed by atoms with E-state index in [4.69, 9.17) is 0 Å². The minimum absolute atomic E-state index is 0.229. The van der Waals surface area contributed by atoms with Crippen LogP contribution in [0.3, 0.4) is 0 Å². The van der Waals surface area contributed by atoms with Crippen LogP contribution in [0.4, 0.5) is 0 Å². The SMILES string of the molecule is CN(Cc1ccccc1Br)C(=O)CC1CNC1. The van der Waals surface area contributed by atoms with Crippen LogP contribution in [0.25, 0.3) is 0 Å². The van der Waals surface area contributed by atoms with E-state index in [0.29, 0.717) is 18.9 Å². The van der Waals surface area contributed by atoms with Crippen molar-refractivity contribution in [3.8, 4) is 0 Å². The predicted octanol–water partition coefficient (Wildman–Crippen LogP) is 2.02. The van der Waals surface area contributed by atoms with Gasteiger partial charge >= 0.3 is 0 Å². The minimum Gasteiger partial charge on any atom is -0.341 e. The Labute approximate surface area is 110 Å². The first kappa shape index (κ1) is 12.6. The number of carbonyl (C=O) groups excluding carboxylic acids is 1. The molecule has 1 heterocycles. The van der Waals surface area contributed by atoms with Crippen molar-refractivity contribution in [1.82, 2.24) is 10.2 Å². The first-order valence-corrected chi connectivity index (χ1v) is 6.64. The lowest BCUT2D eigenvalue weighted by Crippen LogP contribution is -2.44. The summed E-state index contributed by atoms with van der Waals surface area (Å²) in [6, 6.07) is 8.02. The standard InChI is InChI=1S/C13H17BrN2O/c1-16(13(17)6-10-7-15-8-10)9-11-4-2-3-5-12(11)14/h2-5,10,15H,6-9H2,1H3. The molecular weight excluding hydrogens is 280 g/mol. The fourth-order valence-corrected chi connectivity index (χ4v) is 2.28. The highest BCUT2D eigenvalue weighted by Crippen LogP contribution is 2.18. The second kappa shape index (κ2) is 5.65. The highest BCUT2D eigenvalue weighted by Gasteiger charge is 2.22. The van der Waals surface area contributed by atoms with Gasteiger partial charge in [0.05, 0.1) is 0 Å². The van der Waals surface area contributed by atoms with Crippen molar-refractivity contribution >= 4 is 21.8 Å². The number of halogens is 1. The van der Waals surface area contributed by atoms with Crippen molar-refractivity contribution in [2.45, 2.75) is 13.0 Å². The summed E-state index contributed by atoms with van der Waals surface area (Å²) in [7, 11) is 1.87. The molecule has 2 rings (SSSR count). The largest absolute Gasteiger partial charge is 0.341 e. The third-order valence-corrected chi connectivity index (χ3v) is 3.89. The van der Waals surface area contributed by atoms with Crippen molar-refractivity contribution in [3.63, 3.8) is 0 Å². The summed E-state index contributed by atoms with van der Waals surface area (Å²) in [6.07, 6.45) is 0.661. The molecule has 1 aromatic rings. The smallest absolute Gasteiger partial charge is 0.222 e. The number of hydrogen-bond acceptors (Lipinski definition) is 2. The Balaban J connectivity index is 1.89. The molecule has 1 aromatic carbocycles. The summed E-state index contributed by atoms with van der Waals surface area (Å²) < 4.78 is 1.06. The lowest BCUT2D eigenvalue weighted by molar-refractivity contribution is -0.131. The summed E-state index contributed by atoms with van der Waals surface area (Å²) in [5, 5.41) is 3.19. The van der Waals surface area contributed by atoms with E-state index in [1.54, 1.807) is 4.90 Å². The second-order valence-electron chi connectivity index (χ2n) is 4.57. The van der Waals surface area contributed by atoms with Crippen LogP contribution in [-0.2, 0) is 11.3 Å². The van der Waals surface area contributed by atoms with Crippen molar-refractivity contribution in [2.75, 3.05) is 20.1 Å². The van der Waals surface area contributed by atoms with Crippen molar-refractivity contribution in [3.05, 3.63) is 34.3 Å². The summed E-state index contributed by atoms with van der Waals surface area (Å²) in [4.78, 5) is 13.7. The van der Waals surface area contributed by atoms with Gasteiger partial charge < -0.3 is 10.2 Å². The molecule has 1 saturated heterocycles. The molecule has 0 radical (unpaired) electrons. The van der Waals surface area contributed by atoms with Crippen LogP contribution in [-0.4, -0.2) is 30.9 Å². The maximum absolute atomic E-state index is 11.9. The summed E-state index contributed by atoms with van der Waals surface area (Å²) in [5.74, 6) is 0.761. The Morgan fingerprint density at radius 3 is 2.76 bits per heavy atom. The molecule has 0 saturated carbocycles. The number of nitrogens with zero attached hydrogens (tertiary/aromatic N) is 1. The van der Waals surface area contributed by atoms with Crippen LogP contribution in [0.5, 0.6) is 0 Å². The van der Waals surface area contributed by atoms with Crippen molar-refractivity contribution in [1.29, 1.82) is 0 Å². The number of rotatable bonds is 4. The van der Waals surface area contributed by atoms with Gasteiger partial charge in [-0.05, 0) is 30.6 Å². The second-order valence-corrected chi connectivity index (χ2v) is 5.42. The van der Waals surface area contributed by atoms with E-state index in [0.717, 1.165) is 23.1 Å². The van der Waals surface area contributed by atoms with Crippen LogP contribution in [0.2, 0.25) is 0 Å². The van der Waals surface area contributed by atoms with E-state index in [1.807, 2.05) is 31.3 Å². The monoisotopic (exact) mass is 296 g/mol. The quantitative estimate of drug-likeness (QED) is 0.922. The van der Waals surface area contributed by atoms with E-state index in [2.05, 4.69) is 21.2 Å². The van der Waals surface area contributed by atoms with Crippen LogP contribution < -0.4 is 5.32 Å². The molecule has 17 heavy (non-hydrogen) atoms. The highest BCUT2D eigenvalue weighted by atomic mass is 79.9. The van der Waals surface area contributed by atoms with Gasteiger partial charge in [0.25, 0.3) is 0 Å². The molecule has 92 valence electrons. The zero-order valence-electron chi connectivity index (χ0n) is 9.95. The van der Waals surface area contributed by atoms with Gasteiger partial charge in [0, 0.05) is 24.5 Å². The van der Waals surface area contributed by atoms with Gasteiger partial charge in [0.1, 0.15) is 0 Å². The fourth-order valence-electron chi connectivity index (χ4n) is 1.87. The first-order valence-electron chi connectivity index (χ1n) is 5.85. The molecule has 4 heteroatoms. The molecule has 1 fully saturated rings. The molecule has 0 aliphatic carbocycles. The Bertz CT molecular complexity index is 404. The lowest BCUT2D eigenvalue weighted by atomic mass is 9.99. The van der Waals surface area contributed by atoms with E-state index in [9.17, 15) is 4.79 Å². The molecule has 0 unspecified atom stereocenters. The zero-order valence-corrected chi connectivity index (χ0v) is 11.5. The Kier molecular flexibility index (Phi) is 4.18. The summed E-state index contributed by atoms with van der Waals surface area (Å²) in [6.45, 7) is 2.63. The van der Waals surface area contributed by atoms with Gasteiger partial charge in [-0.2, -0.15) is 0 Å². The maximum Gasteiger partial charge on any atom is 0.222 e. The summed E-state index contributed by atoms with van der Waals surface area (Å²) >= 11 is 3.50. The van der Waals surface area contributed by atoms with Gasteiger partial charge in [0.2, 0.25) is 5.91 Å². The third kappa shape index (κ3) is 3.30. The zero-order chi connectivity index (χ0) is 12.3. The van der Waals surface area contributed by atoms with Gasteiger partial charge in [-0.3, -0.25) is 4.79 Å². The number of carbonyl (C=O) groups is 1. The number of hydrogen-bond donors (Lipinski definition) is 1. The predicted molar refractivity (Wildman–Crippen MR) is 71.6 cm³/mol. The van der Waals surface area contributed by atoms with Crippen LogP contribution in [0, 0.1) is 5.92 Å². The van der Waals surface area contributed by atoms with Crippen LogP contribution >= 0.6 is 15.9 Å². The molecule has 1 aliphatic heterocycles. The van der Waals surface area contributed by atoms with E-state index >= 15 is 0 Å². The highest BCUT2D eigenvalue weighted by molar-refractivity contribution is 9.10. The Morgan fingerprint density at radius 2 is 2.18 bits per heavy atom. The van der Waals surface area contributed by atoms with Gasteiger partial charge in [-0.25, -0.2) is 0 Å². The minimum atomic E-state index is 0.229. The Morgan fingerprint density at radius 1 is 1.47 bits per heavy atom. The van der Waals surface area contributed by atoms with E-state index in [-0.39, 0.29) is 5.91 Å². The number of nitrogens with one attached hydrogen (secondary N) is 1. The van der Waals surface area contributed by atoms with Crippen molar-refractivity contribution < 1.29 is 4.79 Å². The topological polar surface area (TPSA) is 32.3 Å². The van der Waals surface area contributed by atoms with Crippen molar-refractivity contribution in [2.24, 2.45) is 5.92 Å². The fraction of sp³-hybridized carbons (Fsp3) is 0.462. The van der Waals surface area contributed by atoms with Gasteiger partial charge in [-0.15, -0.1) is 0 Å². The van der Waals surface area contributed by atoms with E-state index < -0.39 is 0 Å². The molecule has 3 nitrogen and oxygen atoms in total. The number of amides is 1. The average Bonchev–Trinajstić information content (AvgIpc) is 2.26. The summed E-state index contributed by atoms with van der Waals surface area (Å²) in [5.41, 5.74) is 1.15. The molecule has 0 atom stereocenters. The molecule has 1 aliphatic rings. The number of benzene rings is 1. The molecule has 1 amide bonds. The maximum atomic E-state index is 11.9. The molecule has 1 N–H and O–H groups in total. The third-order valence-electron chi connectivity index (χ3n) is 3.12. The van der Waals surface area contributed by atoms with Gasteiger partial charge in [0.15, 0.2) is 0 Å². The van der Waals surface area contributed by atoms with Gasteiger partial charge in [-0.1, -0.05) is 34.1 Å². The normalized spacial score (nSPS) is 15.4. The lowest BCUT2D eigenvalue weighted by Gasteiger charge is -2.28. The molecule has 0 bridgehead atoms. The Hall–Kier alpha value is -0.870. The van der Waals surface area contributed by atoms with Crippen LogP contribution in [0.1, 0.15) is 12.0 Å². The van der Waals surface area contributed by atoms with E-state index in [1.165, 1.54) is 0 Å². The first-order chi connectivity index (χ1) is 8.16. The molecule has 0 aromatic heterocycles. The average molecular weight is 297 g/mol.